The highest BCUT2D eigenvalue weighted by atomic mass is 16.5. The third-order valence-corrected chi connectivity index (χ3v) is 4.75. The Bertz CT molecular complexity index is 1150. The van der Waals surface area contributed by atoms with Crippen LogP contribution in [0.4, 0.5) is 0 Å². The Morgan fingerprint density at radius 3 is 2.43 bits per heavy atom. The molecule has 0 unspecified atom stereocenters. The summed E-state index contributed by atoms with van der Waals surface area (Å²) in [5.74, 6) is -2.04. The molecule has 1 heterocycles. The highest BCUT2D eigenvalue weighted by Crippen LogP contribution is 2.33. The SMILES string of the molecule is C[C@@H](NC(=O)c1nc(C#N)c2cc(Oc3ccccc3)ccc2c1O)[C@@H](C)C(=O)O. The van der Waals surface area contributed by atoms with Gasteiger partial charge in [0, 0.05) is 16.8 Å². The van der Waals surface area contributed by atoms with E-state index in [0.717, 1.165) is 0 Å². The van der Waals surface area contributed by atoms with Crippen molar-refractivity contribution in [2.75, 3.05) is 0 Å². The number of fused-ring (bicyclic) bond motifs is 1. The zero-order valence-electron chi connectivity index (χ0n) is 16.3. The highest BCUT2D eigenvalue weighted by molar-refractivity contribution is 6.03. The van der Waals surface area contributed by atoms with Crippen LogP contribution in [0, 0.1) is 17.2 Å². The van der Waals surface area contributed by atoms with E-state index >= 15 is 0 Å². The number of carbonyl (C=O) groups is 2. The first-order valence-corrected chi connectivity index (χ1v) is 9.15. The average molecular weight is 405 g/mol. The van der Waals surface area contributed by atoms with Gasteiger partial charge < -0.3 is 20.3 Å². The van der Waals surface area contributed by atoms with Crippen molar-refractivity contribution in [3.05, 3.63) is 59.9 Å². The summed E-state index contributed by atoms with van der Waals surface area (Å²) in [6.07, 6.45) is 0. The molecule has 30 heavy (non-hydrogen) atoms. The number of aromatic nitrogens is 1. The van der Waals surface area contributed by atoms with Crippen molar-refractivity contribution in [3.63, 3.8) is 0 Å². The van der Waals surface area contributed by atoms with E-state index in [9.17, 15) is 20.0 Å². The maximum Gasteiger partial charge on any atom is 0.308 e. The van der Waals surface area contributed by atoms with E-state index < -0.39 is 29.6 Å². The molecule has 2 atom stereocenters. The fourth-order valence-corrected chi connectivity index (χ4v) is 2.82. The lowest BCUT2D eigenvalue weighted by Gasteiger charge is -2.18. The number of hydrogen-bond acceptors (Lipinski definition) is 6. The van der Waals surface area contributed by atoms with E-state index in [4.69, 9.17) is 9.84 Å². The van der Waals surface area contributed by atoms with Gasteiger partial charge in [0.2, 0.25) is 0 Å². The molecular weight excluding hydrogens is 386 g/mol. The zero-order chi connectivity index (χ0) is 21.8. The number of benzene rings is 2. The molecular formula is C22H19N3O5. The van der Waals surface area contributed by atoms with Crippen LogP contribution in [0.1, 0.15) is 30.0 Å². The monoisotopic (exact) mass is 405 g/mol. The van der Waals surface area contributed by atoms with Gasteiger partial charge in [0.25, 0.3) is 5.91 Å². The second-order valence-corrected chi connectivity index (χ2v) is 6.78. The number of nitrogens with one attached hydrogen (secondary N) is 1. The quantitative estimate of drug-likeness (QED) is 0.572. The molecule has 1 amide bonds. The molecule has 3 aromatic rings. The van der Waals surface area contributed by atoms with Gasteiger partial charge in [-0.1, -0.05) is 18.2 Å². The lowest BCUT2D eigenvalue weighted by atomic mass is 10.0. The molecule has 0 aliphatic rings. The predicted octanol–water partition coefficient (Wildman–Crippen LogP) is 3.44. The smallest absolute Gasteiger partial charge is 0.308 e. The molecule has 0 fully saturated rings. The van der Waals surface area contributed by atoms with E-state index in [1.54, 1.807) is 24.3 Å². The Morgan fingerprint density at radius 1 is 1.10 bits per heavy atom. The molecule has 3 rings (SSSR count). The van der Waals surface area contributed by atoms with Crippen LogP contribution in [0.25, 0.3) is 10.8 Å². The third kappa shape index (κ3) is 4.15. The molecule has 1 aromatic heterocycles. The number of pyridine rings is 1. The second kappa shape index (κ2) is 8.49. The van der Waals surface area contributed by atoms with Crippen LogP contribution in [0.2, 0.25) is 0 Å². The number of aliphatic carboxylic acids is 1. The van der Waals surface area contributed by atoms with Gasteiger partial charge in [-0.15, -0.1) is 0 Å². The zero-order valence-corrected chi connectivity index (χ0v) is 16.3. The first-order valence-electron chi connectivity index (χ1n) is 9.15. The van der Waals surface area contributed by atoms with Crippen molar-refractivity contribution in [2.24, 2.45) is 5.92 Å². The molecule has 3 N–H and O–H groups in total. The molecule has 0 aliphatic heterocycles. The Labute approximate surface area is 172 Å². The van der Waals surface area contributed by atoms with E-state index in [0.29, 0.717) is 16.9 Å². The minimum atomic E-state index is -1.07. The van der Waals surface area contributed by atoms with E-state index in [1.807, 2.05) is 24.3 Å². The van der Waals surface area contributed by atoms with Crippen LogP contribution in [-0.2, 0) is 4.79 Å². The van der Waals surface area contributed by atoms with E-state index in [1.165, 1.54) is 19.9 Å². The molecule has 0 saturated carbocycles. The van der Waals surface area contributed by atoms with Gasteiger partial charge in [-0.25, -0.2) is 4.98 Å². The Morgan fingerprint density at radius 2 is 1.80 bits per heavy atom. The largest absolute Gasteiger partial charge is 0.505 e. The molecule has 8 heteroatoms. The molecule has 2 aromatic carbocycles. The van der Waals surface area contributed by atoms with Gasteiger partial charge in [0.05, 0.1) is 5.92 Å². The highest BCUT2D eigenvalue weighted by Gasteiger charge is 2.25. The number of nitrogens with zero attached hydrogens (tertiary/aromatic N) is 2. The summed E-state index contributed by atoms with van der Waals surface area (Å²) in [6.45, 7) is 2.99. The fraction of sp³-hybridized carbons (Fsp3) is 0.182. The number of para-hydroxylation sites is 1. The second-order valence-electron chi connectivity index (χ2n) is 6.78. The summed E-state index contributed by atoms with van der Waals surface area (Å²) >= 11 is 0. The van der Waals surface area contributed by atoms with Gasteiger partial charge in [0.1, 0.15) is 23.3 Å². The summed E-state index contributed by atoms with van der Waals surface area (Å²) < 4.78 is 5.75. The number of nitriles is 1. The standard InChI is InChI=1S/C22H19N3O5/c1-12(22(28)29)13(2)24-21(27)19-20(26)16-9-8-15(10-17(16)18(11-23)25-19)30-14-6-4-3-5-7-14/h3-10,12-13,26H,1-2H3,(H,24,27)(H,28,29)/t12-,13-/m1/s1. The maximum atomic E-state index is 12.6. The van der Waals surface area contributed by atoms with Gasteiger partial charge >= 0.3 is 5.97 Å². The lowest BCUT2D eigenvalue weighted by Crippen LogP contribution is -2.40. The Balaban J connectivity index is 1.97. The normalized spacial score (nSPS) is 12.6. The van der Waals surface area contributed by atoms with Crippen molar-refractivity contribution >= 4 is 22.6 Å². The number of carboxylic acid groups (broad SMARTS) is 1. The van der Waals surface area contributed by atoms with Crippen LogP contribution < -0.4 is 10.1 Å². The summed E-state index contributed by atoms with van der Waals surface area (Å²) in [6, 6.07) is 15.0. The summed E-state index contributed by atoms with van der Waals surface area (Å²) in [7, 11) is 0. The van der Waals surface area contributed by atoms with Crippen LogP contribution in [-0.4, -0.2) is 33.1 Å². The van der Waals surface area contributed by atoms with Crippen LogP contribution in [0.15, 0.2) is 48.5 Å². The minimum Gasteiger partial charge on any atom is -0.505 e. The van der Waals surface area contributed by atoms with Gasteiger partial charge in [-0.2, -0.15) is 5.26 Å². The topological polar surface area (TPSA) is 133 Å². The molecule has 0 spiro atoms. The van der Waals surface area contributed by atoms with Gasteiger partial charge in [-0.05, 0) is 44.2 Å². The van der Waals surface area contributed by atoms with Crippen LogP contribution in [0.3, 0.4) is 0 Å². The first kappa shape index (κ1) is 20.6. The average Bonchev–Trinajstić information content (AvgIpc) is 2.74. The van der Waals surface area contributed by atoms with Crippen molar-refractivity contribution in [2.45, 2.75) is 19.9 Å². The fourth-order valence-electron chi connectivity index (χ4n) is 2.82. The Kier molecular flexibility index (Phi) is 5.83. The molecule has 0 aliphatic carbocycles. The van der Waals surface area contributed by atoms with Crippen LogP contribution in [0.5, 0.6) is 17.2 Å². The number of carbonyl (C=O) groups excluding carboxylic acids is 1. The van der Waals surface area contributed by atoms with Gasteiger partial charge in [-0.3, -0.25) is 9.59 Å². The van der Waals surface area contributed by atoms with Crippen LogP contribution >= 0.6 is 0 Å². The summed E-state index contributed by atoms with van der Waals surface area (Å²) in [5, 5.41) is 32.3. The van der Waals surface area contributed by atoms with E-state index in [2.05, 4.69) is 10.3 Å². The number of aromatic hydroxyl groups is 1. The number of hydrogen-bond donors (Lipinski definition) is 3. The van der Waals surface area contributed by atoms with Crippen molar-refractivity contribution < 1.29 is 24.5 Å². The number of rotatable bonds is 6. The van der Waals surface area contributed by atoms with E-state index in [-0.39, 0.29) is 16.8 Å². The molecule has 0 radical (unpaired) electrons. The predicted molar refractivity (Wildman–Crippen MR) is 108 cm³/mol. The summed E-state index contributed by atoms with van der Waals surface area (Å²) in [5.41, 5.74) is -0.411. The number of amides is 1. The first-order chi connectivity index (χ1) is 14.3. The minimum absolute atomic E-state index is 0.0644. The van der Waals surface area contributed by atoms with Crippen molar-refractivity contribution in [1.29, 1.82) is 5.26 Å². The third-order valence-electron chi connectivity index (χ3n) is 4.75. The molecule has 8 nitrogen and oxygen atoms in total. The lowest BCUT2D eigenvalue weighted by molar-refractivity contribution is -0.141. The maximum absolute atomic E-state index is 12.6. The van der Waals surface area contributed by atoms with Gasteiger partial charge in [0.15, 0.2) is 11.4 Å². The van der Waals surface area contributed by atoms with Crippen molar-refractivity contribution in [3.8, 4) is 23.3 Å². The van der Waals surface area contributed by atoms with Crippen molar-refractivity contribution in [1.82, 2.24) is 10.3 Å². The number of carboxylic acids is 1. The summed E-state index contributed by atoms with van der Waals surface area (Å²) in [4.78, 5) is 27.7. The number of ether oxygens (including phenoxy) is 1. The molecule has 152 valence electrons. The Hall–Kier alpha value is -4.12. The molecule has 0 bridgehead atoms. The molecule has 0 saturated heterocycles.